The van der Waals surface area contributed by atoms with E-state index in [9.17, 15) is 9.59 Å². The van der Waals surface area contributed by atoms with Crippen molar-refractivity contribution in [3.05, 3.63) is 34.5 Å². The number of nitrogens with one attached hydrogen (secondary N) is 1. The van der Waals surface area contributed by atoms with Crippen LogP contribution in [0, 0.1) is 11.8 Å². The molecule has 0 aliphatic carbocycles. The molecule has 0 aliphatic rings. The van der Waals surface area contributed by atoms with Gasteiger partial charge < -0.3 is 9.72 Å². The van der Waals surface area contributed by atoms with E-state index in [2.05, 4.69) is 26.7 Å². The average molecular weight is 217 g/mol. The Kier molecular flexibility index (Phi) is 2.44. The number of aromatic nitrogens is 3. The molecule has 2 rings (SSSR count). The number of H-pyrrole nitrogens is 1. The number of ether oxygens (including phenoxy) is 1. The van der Waals surface area contributed by atoms with Crippen LogP contribution in [0.15, 0.2) is 23.4 Å². The van der Waals surface area contributed by atoms with Crippen molar-refractivity contribution < 1.29 is 9.53 Å². The highest BCUT2D eigenvalue weighted by molar-refractivity contribution is 5.89. The van der Waals surface area contributed by atoms with E-state index in [-0.39, 0.29) is 5.56 Å². The topological polar surface area (TPSA) is 76.5 Å². The van der Waals surface area contributed by atoms with Gasteiger partial charge in [-0.1, -0.05) is 5.92 Å². The molecule has 2 heterocycles. The lowest BCUT2D eigenvalue weighted by Gasteiger charge is -1.87. The Morgan fingerprint density at radius 1 is 1.62 bits per heavy atom. The molecule has 1 N–H and O–H groups in total. The van der Waals surface area contributed by atoms with Gasteiger partial charge in [-0.2, -0.15) is 5.10 Å². The number of fused-ring (bicyclic) bond motifs is 1. The first-order valence-corrected chi connectivity index (χ1v) is 4.37. The van der Waals surface area contributed by atoms with Crippen LogP contribution in [-0.4, -0.2) is 27.7 Å². The molecule has 2 aromatic heterocycles. The third-order valence-electron chi connectivity index (χ3n) is 1.91. The minimum Gasteiger partial charge on any atom is -0.459 e. The van der Waals surface area contributed by atoms with Crippen LogP contribution in [0.4, 0.5) is 0 Å². The van der Waals surface area contributed by atoms with Gasteiger partial charge in [0.25, 0.3) is 5.56 Å². The van der Waals surface area contributed by atoms with Crippen molar-refractivity contribution in [3.63, 3.8) is 0 Å². The van der Waals surface area contributed by atoms with Crippen molar-refractivity contribution in [2.75, 3.05) is 7.11 Å². The third-order valence-corrected chi connectivity index (χ3v) is 1.91. The first kappa shape index (κ1) is 9.98. The monoisotopic (exact) mass is 217 g/mol. The van der Waals surface area contributed by atoms with Crippen LogP contribution in [0.2, 0.25) is 0 Å². The van der Waals surface area contributed by atoms with Gasteiger partial charge in [-0.3, -0.25) is 4.79 Å². The van der Waals surface area contributed by atoms with Crippen LogP contribution >= 0.6 is 0 Å². The van der Waals surface area contributed by atoms with Crippen molar-refractivity contribution in [1.82, 2.24) is 14.6 Å². The van der Waals surface area contributed by atoms with E-state index in [1.54, 1.807) is 12.3 Å². The molecule has 0 aromatic carbocycles. The smallest absolute Gasteiger partial charge is 0.384 e. The van der Waals surface area contributed by atoms with Gasteiger partial charge in [0.15, 0.2) is 0 Å². The van der Waals surface area contributed by atoms with E-state index in [0.29, 0.717) is 11.1 Å². The zero-order valence-electron chi connectivity index (χ0n) is 8.35. The highest BCUT2D eigenvalue weighted by Crippen LogP contribution is 2.01. The molecular formula is C10H7N3O3. The van der Waals surface area contributed by atoms with Crippen LogP contribution in [0.1, 0.15) is 5.56 Å². The summed E-state index contributed by atoms with van der Waals surface area (Å²) < 4.78 is 5.76. The fraction of sp³-hybridized carbons (Fsp3) is 0.100. The molecule has 0 unspecified atom stereocenters. The number of rotatable bonds is 0. The van der Waals surface area contributed by atoms with Crippen molar-refractivity contribution in [1.29, 1.82) is 0 Å². The minimum atomic E-state index is -0.628. The number of nitrogens with zero attached hydrogens (tertiary/aromatic N) is 2. The normalized spacial score (nSPS) is 9.56. The van der Waals surface area contributed by atoms with Gasteiger partial charge in [-0.05, 0) is 6.07 Å². The Hall–Kier alpha value is -2.55. The third kappa shape index (κ3) is 1.79. The molecule has 6 heteroatoms. The number of esters is 1. The molecule has 0 atom stereocenters. The largest absolute Gasteiger partial charge is 0.459 e. The van der Waals surface area contributed by atoms with Crippen LogP contribution < -0.4 is 5.56 Å². The number of hydrogen-bond donors (Lipinski definition) is 1. The molecule has 0 bridgehead atoms. The summed E-state index contributed by atoms with van der Waals surface area (Å²) in [6.45, 7) is 0. The van der Waals surface area contributed by atoms with Gasteiger partial charge >= 0.3 is 5.97 Å². The Balaban J connectivity index is 2.47. The predicted octanol–water partition coefficient (Wildman–Crippen LogP) is -0.453. The molecule has 6 nitrogen and oxygen atoms in total. The van der Waals surface area contributed by atoms with Crippen LogP contribution in [-0.2, 0) is 9.53 Å². The van der Waals surface area contributed by atoms with E-state index in [4.69, 9.17) is 0 Å². The van der Waals surface area contributed by atoms with Gasteiger partial charge in [-0.15, -0.1) is 0 Å². The van der Waals surface area contributed by atoms with E-state index < -0.39 is 5.97 Å². The average Bonchev–Trinajstić information content (AvgIpc) is 2.70. The maximum Gasteiger partial charge on any atom is 0.384 e. The Labute approximate surface area is 89.9 Å². The van der Waals surface area contributed by atoms with Gasteiger partial charge in [0.1, 0.15) is 11.8 Å². The second-order valence-electron chi connectivity index (χ2n) is 2.92. The molecule has 0 fully saturated rings. The molecule has 2 aromatic rings. The quantitative estimate of drug-likeness (QED) is 0.479. The van der Waals surface area contributed by atoms with Crippen LogP contribution in [0.25, 0.3) is 5.52 Å². The molecule has 0 saturated carbocycles. The predicted molar refractivity (Wildman–Crippen MR) is 54.7 cm³/mol. The molecule has 0 aliphatic heterocycles. The fourth-order valence-electron chi connectivity index (χ4n) is 1.18. The lowest BCUT2D eigenvalue weighted by Crippen LogP contribution is -2.09. The van der Waals surface area contributed by atoms with Crippen molar-refractivity contribution in [2.45, 2.75) is 0 Å². The molecule has 0 amide bonds. The molecule has 80 valence electrons. The van der Waals surface area contributed by atoms with E-state index in [0.717, 1.165) is 0 Å². The molecule has 0 spiro atoms. The SMILES string of the molecule is COC(=O)C#Cc1cc2c(=O)[nH]cnn2c1. The first-order chi connectivity index (χ1) is 7.70. The second kappa shape index (κ2) is 3.90. The van der Waals surface area contributed by atoms with Crippen molar-refractivity contribution >= 4 is 11.5 Å². The highest BCUT2D eigenvalue weighted by atomic mass is 16.5. The first-order valence-electron chi connectivity index (χ1n) is 4.37. The van der Waals surface area contributed by atoms with Gasteiger partial charge in [-0.25, -0.2) is 9.31 Å². The summed E-state index contributed by atoms with van der Waals surface area (Å²) in [6, 6.07) is 1.54. The Bertz CT molecular complexity index is 657. The number of carbonyl (C=O) groups excluding carboxylic acids is 1. The summed E-state index contributed by atoms with van der Waals surface area (Å²) in [5.74, 6) is 4.21. The molecular weight excluding hydrogens is 210 g/mol. The Morgan fingerprint density at radius 3 is 3.12 bits per heavy atom. The fourth-order valence-corrected chi connectivity index (χ4v) is 1.18. The lowest BCUT2D eigenvalue weighted by atomic mass is 10.3. The zero-order chi connectivity index (χ0) is 11.5. The van der Waals surface area contributed by atoms with Crippen molar-refractivity contribution in [2.24, 2.45) is 0 Å². The lowest BCUT2D eigenvalue weighted by molar-refractivity contribution is -0.133. The summed E-state index contributed by atoms with van der Waals surface area (Å²) in [5.41, 5.74) is 0.632. The second-order valence-corrected chi connectivity index (χ2v) is 2.92. The van der Waals surface area contributed by atoms with E-state index >= 15 is 0 Å². The number of carbonyl (C=O) groups is 1. The maximum atomic E-state index is 11.3. The standard InChI is InChI=1S/C10H7N3O3/c1-16-9(14)3-2-7-4-8-10(15)11-6-12-13(8)5-7/h4-6H,1H3,(H,11,12,15). The minimum absolute atomic E-state index is 0.263. The van der Waals surface area contributed by atoms with Crippen LogP contribution in [0.3, 0.4) is 0 Å². The summed E-state index contributed by atoms with van der Waals surface area (Å²) >= 11 is 0. The van der Waals surface area contributed by atoms with Crippen LogP contribution in [0.5, 0.6) is 0 Å². The molecule has 0 saturated heterocycles. The molecule has 0 radical (unpaired) electrons. The number of aromatic amines is 1. The number of methoxy groups -OCH3 is 1. The summed E-state index contributed by atoms with van der Waals surface area (Å²) in [5, 5.41) is 3.89. The zero-order valence-corrected chi connectivity index (χ0v) is 8.35. The summed E-state index contributed by atoms with van der Waals surface area (Å²) in [6.07, 6.45) is 2.84. The van der Waals surface area contributed by atoms with Gasteiger partial charge in [0.05, 0.1) is 7.11 Å². The van der Waals surface area contributed by atoms with Gasteiger partial charge in [0.2, 0.25) is 0 Å². The summed E-state index contributed by atoms with van der Waals surface area (Å²) in [7, 11) is 1.25. The highest BCUT2D eigenvalue weighted by Gasteiger charge is 2.01. The van der Waals surface area contributed by atoms with Crippen molar-refractivity contribution in [3.8, 4) is 11.8 Å². The van der Waals surface area contributed by atoms with E-state index in [1.165, 1.54) is 18.0 Å². The Morgan fingerprint density at radius 2 is 2.44 bits per heavy atom. The van der Waals surface area contributed by atoms with Gasteiger partial charge in [0, 0.05) is 17.7 Å². The maximum absolute atomic E-state index is 11.3. The number of hydrogen-bond acceptors (Lipinski definition) is 4. The summed E-state index contributed by atoms with van der Waals surface area (Å²) in [4.78, 5) is 24.5. The molecule has 16 heavy (non-hydrogen) atoms. The van der Waals surface area contributed by atoms with E-state index in [1.807, 2.05) is 0 Å².